The van der Waals surface area contributed by atoms with Crippen LogP contribution in [0.1, 0.15) is 31.2 Å². The standard InChI is InChI=1S/C21H33N3O2.C2H2O4/c1-18(19-5-3-2-4-6-19)17-24-10-7-20(8-11-24)21(25)22-9-12-23-13-15-26-16-14-23;3-1(4)2(5)6/h2-6,18,20H,7-17H2,1H3,(H,22,25);(H,3,4)(H,5,6). The largest absolute Gasteiger partial charge is 0.473 e. The molecule has 2 fully saturated rings. The van der Waals surface area contributed by atoms with E-state index in [1.807, 2.05) is 0 Å². The molecule has 9 heteroatoms. The van der Waals surface area contributed by atoms with Gasteiger partial charge in [0, 0.05) is 38.6 Å². The molecule has 0 bridgehead atoms. The van der Waals surface area contributed by atoms with E-state index in [0.29, 0.717) is 5.92 Å². The summed E-state index contributed by atoms with van der Waals surface area (Å²) in [7, 11) is 0. The zero-order valence-electron chi connectivity index (χ0n) is 18.7. The summed E-state index contributed by atoms with van der Waals surface area (Å²) in [6.45, 7) is 10.7. The average Bonchev–Trinajstić information content (AvgIpc) is 2.81. The molecule has 2 saturated heterocycles. The van der Waals surface area contributed by atoms with Crippen molar-refractivity contribution in [1.29, 1.82) is 0 Å². The second kappa shape index (κ2) is 13.8. The van der Waals surface area contributed by atoms with Gasteiger partial charge in [-0.1, -0.05) is 37.3 Å². The molecule has 2 heterocycles. The second-order valence-electron chi connectivity index (χ2n) is 8.24. The fourth-order valence-corrected chi connectivity index (χ4v) is 3.96. The lowest BCUT2D eigenvalue weighted by molar-refractivity contribution is -0.159. The van der Waals surface area contributed by atoms with E-state index in [2.05, 4.69) is 52.4 Å². The second-order valence-corrected chi connectivity index (χ2v) is 8.24. The minimum Gasteiger partial charge on any atom is -0.473 e. The van der Waals surface area contributed by atoms with Gasteiger partial charge < -0.3 is 25.2 Å². The van der Waals surface area contributed by atoms with E-state index < -0.39 is 11.9 Å². The van der Waals surface area contributed by atoms with E-state index in [9.17, 15) is 4.79 Å². The lowest BCUT2D eigenvalue weighted by Crippen LogP contribution is -2.44. The van der Waals surface area contributed by atoms with Crippen molar-refractivity contribution in [2.45, 2.75) is 25.7 Å². The number of hydrogen-bond donors (Lipinski definition) is 3. The van der Waals surface area contributed by atoms with Crippen LogP contribution in [-0.4, -0.2) is 96.9 Å². The molecule has 0 radical (unpaired) electrons. The van der Waals surface area contributed by atoms with Crippen LogP contribution in [-0.2, 0) is 19.1 Å². The first-order chi connectivity index (χ1) is 15.4. The number of morpholine rings is 1. The molecule has 1 atom stereocenters. The Morgan fingerprint density at radius 3 is 2.16 bits per heavy atom. The van der Waals surface area contributed by atoms with Gasteiger partial charge in [-0.25, -0.2) is 9.59 Å². The van der Waals surface area contributed by atoms with Crippen LogP contribution >= 0.6 is 0 Å². The topological polar surface area (TPSA) is 119 Å². The van der Waals surface area contributed by atoms with Crippen molar-refractivity contribution in [2.24, 2.45) is 5.92 Å². The maximum atomic E-state index is 12.4. The Kier molecular flexibility index (Phi) is 11.1. The fraction of sp³-hybridized carbons (Fsp3) is 0.609. The van der Waals surface area contributed by atoms with E-state index in [-0.39, 0.29) is 11.8 Å². The zero-order valence-corrected chi connectivity index (χ0v) is 18.7. The molecule has 32 heavy (non-hydrogen) atoms. The fourth-order valence-electron chi connectivity index (χ4n) is 3.96. The number of aliphatic carboxylic acids is 2. The van der Waals surface area contributed by atoms with Crippen molar-refractivity contribution < 1.29 is 29.3 Å². The van der Waals surface area contributed by atoms with Crippen molar-refractivity contribution >= 4 is 17.8 Å². The van der Waals surface area contributed by atoms with Crippen molar-refractivity contribution in [3.8, 4) is 0 Å². The highest BCUT2D eigenvalue weighted by Crippen LogP contribution is 2.22. The number of carboxylic acids is 2. The Morgan fingerprint density at radius 1 is 1.00 bits per heavy atom. The molecule has 1 aromatic rings. The van der Waals surface area contributed by atoms with E-state index >= 15 is 0 Å². The van der Waals surface area contributed by atoms with Crippen LogP contribution in [0.15, 0.2) is 30.3 Å². The molecule has 3 rings (SSSR count). The lowest BCUT2D eigenvalue weighted by atomic mass is 9.94. The predicted molar refractivity (Wildman–Crippen MR) is 120 cm³/mol. The number of hydrogen-bond acceptors (Lipinski definition) is 6. The quantitative estimate of drug-likeness (QED) is 0.530. The predicted octanol–water partition coefficient (Wildman–Crippen LogP) is 1.11. The molecule has 1 unspecified atom stereocenters. The number of carboxylic acid groups (broad SMARTS) is 2. The third kappa shape index (κ3) is 9.33. The van der Waals surface area contributed by atoms with Gasteiger partial charge in [-0.15, -0.1) is 0 Å². The van der Waals surface area contributed by atoms with Crippen molar-refractivity contribution in [3.05, 3.63) is 35.9 Å². The third-order valence-corrected chi connectivity index (χ3v) is 5.87. The zero-order chi connectivity index (χ0) is 23.3. The van der Waals surface area contributed by atoms with Gasteiger partial charge >= 0.3 is 11.9 Å². The Morgan fingerprint density at radius 2 is 1.59 bits per heavy atom. The molecule has 3 N–H and O–H groups in total. The summed E-state index contributed by atoms with van der Waals surface area (Å²) in [5.74, 6) is -2.68. The first-order valence-electron chi connectivity index (χ1n) is 11.2. The highest BCUT2D eigenvalue weighted by molar-refractivity contribution is 6.27. The van der Waals surface area contributed by atoms with Crippen molar-refractivity contribution in [1.82, 2.24) is 15.1 Å². The minimum absolute atomic E-state index is 0.183. The van der Waals surface area contributed by atoms with E-state index in [4.69, 9.17) is 24.5 Å². The Hall–Kier alpha value is -2.49. The monoisotopic (exact) mass is 449 g/mol. The Bertz CT molecular complexity index is 704. The van der Waals surface area contributed by atoms with Gasteiger partial charge in [0.1, 0.15) is 0 Å². The summed E-state index contributed by atoms with van der Waals surface area (Å²) in [6.07, 6.45) is 1.95. The number of ether oxygens (including phenoxy) is 1. The third-order valence-electron chi connectivity index (χ3n) is 5.87. The highest BCUT2D eigenvalue weighted by atomic mass is 16.5. The first kappa shape index (κ1) is 25.8. The Labute approximate surface area is 189 Å². The summed E-state index contributed by atoms with van der Waals surface area (Å²) in [5.41, 5.74) is 1.40. The Balaban J connectivity index is 0.000000534. The van der Waals surface area contributed by atoms with Crippen LogP contribution in [0.2, 0.25) is 0 Å². The first-order valence-corrected chi connectivity index (χ1v) is 11.2. The summed E-state index contributed by atoms with van der Waals surface area (Å²) in [5, 5.41) is 17.9. The molecule has 0 spiro atoms. The lowest BCUT2D eigenvalue weighted by Gasteiger charge is -2.33. The van der Waals surface area contributed by atoms with Gasteiger partial charge in [0.25, 0.3) is 0 Å². The maximum Gasteiger partial charge on any atom is 0.414 e. The van der Waals surface area contributed by atoms with Gasteiger partial charge in [0.15, 0.2) is 0 Å². The maximum absolute atomic E-state index is 12.4. The number of likely N-dealkylation sites (tertiary alicyclic amines) is 1. The number of benzene rings is 1. The minimum atomic E-state index is -1.82. The number of carbonyl (C=O) groups excluding carboxylic acids is 1. The molecular formula is C23H35N3O6. The van der Waals surface area contributed by atoms with Crippen LogP contribution in [0.5, 0.6) is 0 Å². The number of amides is 1. The molecule has 9 nitrogen and oxygen atoms in total. The summed E-state index contributed by atoms with van der Waals surface area (Å²) in [6, 6.07) is 10.7. The van der Waals surface area contributed by atoms with Gasteiger partial charge in [-0.2, -0.15) is 0 Å². The van der Waals surface area contributed by atoms with Crippen molar-refractivity contribution in [3.63, 3.8) is 0 Å². The SMILES string of the molecule is CC(CN1CCC(C(=O)NCCN2CCOCC2)CC1)c1ccccc1.O=C(O)C(=O)O. The molecule has 1 aromatic carbocycles. The highest BCUT2D eigenvalue weighted by Gasteiger charge is 2.25. The number of nitrogens with one attached hydrogen (secondary N) is 1. The number of carbonyl (C=O) groups is 3. The summed E-state index contributed by atoms with van der Waals surface area (Å²) in [4.78, 5) is 35.5. The van der Waals surface area contributed by atoms with Gasteiger partial charge in [0.05, 0.1) is 13.2 Å². The van der Waals surface area contributed by atoms with E-state index in [1.54, 1.807) is 0 Å². The normalized spacial score (nSPS) is 18.8. The molecule has 1 amide bonds. The van der Waals surface area contributed by atoms with Crippen molar-refractivity contribution in [2.75, 3.05) is 59.0 Å². The van der Waals surface area contributed by atoms with Crippen LogP contribution in [0.25, 0.3) is 0 Å². The molecule has 0 saturated carbocycles. The molecule has 178 valence electrons. The van der Waals surface area contributed by atoms with Gasteiger partial charge in [-0.05, 0) is 37.4 Å². The smallest absolute Gasteiger partial charge is 0.414 e. The van der Waals surface area contributed by atoms with Crippen LogP contribution in [0.4, 0.5) is 0 Å². The number of piperidine rings is 1. The molecular weight excluding hydrogens is 414 g/mol. The number of nitrogens with zero attached hydrogens (tertiary/aromatic N) is 2. The summed E-state index contributed by atoms with van der Waals surface area (Å²) >= 11 is 0. The van der Waals surface area contributed by atoms with Gasteiger partial charge in [0.2, 0.25) is 5.91 Å². The number of rotatable bonds is 7. The molecule has 2 aliphatic heterocycles. The van der Waals surface area contributed by atoms with E-state index in [1.165, 1.54) is 5.56 Å². The van der Waals surface area contributed by atoms with E-state index in [0.717, 1.165) is 71.9 Å². The summed E-state index contributed by atoms with van der Waals surface area (Å²) < 4.78 is 5.35. The van der Waals surface area contributed by atoms with Gasteiger partial charge in [-0.3, -0.25) is 9.69 Å². The van der Waals surface area contributed by atoms with Crippen LogP contribution < -0.4 is 5.32 Å². The average molecular weight is 450 g/mol. The molecule has 2 aliphatic rings. The molecule has 0 aliphatic carbocycles. The van der Waals surface area contributed by atoms with Crippen LogP contribution in [0, 0.1) is 5.92 Å². The van der Waals surface area contributed by atoms with Crippen LogP contribution in [0.3, 0.4) is 0 Å². The molecule has 0 aromatic heterocycles.